The van der Waals surface area contributed by atoms with Crippen molar-refractivity contribution in [3.8, 4) is 58.1 Å². The smallest absolute Gasteiger partial charge is 0.222 e. The van der Waals surface area contributed by atoms with E-state index in [1.807, 2.05) is 100 Å². The molecule has 2 atom stereocenters. The lowest BCUT2D eigenvalue weighted by Crippen LogP contribution is -2.47. The average Bonchev–Trinajstić information content (AvgIpc) is 1.15. The Morgan fingerprint density at radius 3 is 0.907 bits per heavy atom. The summed E-state index contributed by atoms with van der Waals surface area (Å²) < 4.78 is 79.1. The van der Waals surface area contributed by atoms with Crippen molar-refractivity contribution in [2.75, 3.05) is 36.1 Å². The van der Waals surface area contributed by atoms with Crippen LogP contribution in [0, 0.1) is 33.5 Å². The number of hydrogen-bond donors (Lipinski definition) is 0. The van der Waals surface area contributed by atoms with Gasteiger partial charge in [-0.2, -0.15) is 34.0 Å². The zero-order chi connectivity index (χ0) is 69.1. The van der Waals surface area contributed by atoms with Crippen molar-refractivity contribution in [3.05, 3.63) is 216 Å². The van der Waals surface area contributed by atoms with Crippen molar-refractivity contribution in [3.63, 3.8) is 0 Å². The number of carbonyl (C=O) groups is 4. The number of rotatable bonds is 30. The van der Waals surface area contributed by atoms with Crippen LogP contribution in [0.3, 0.4) is 0 Å². The molecule has 0 spiro atoms. The average molecular weight is 1380 g/mol. The second kappa shape index (κ2) is 30.5. The van der Waals surface area contributed by atoms with E-state index in [2.05, 4.69) is 26.0 Å². The van der Waals surface area contributed by atoms with Gasteiger partial charge >= 0.3 is 0 Å². The van der Waals surface area contributed by atoms with Gasteiger partial charge in [0.2, 0.25) is 31.5 Å². The van der Waals surface area contributed by atoms with Crippen LogP contribution in [0.1, 0.15) is 89.5 Å². The summed E-state index contributed by atoms with van der Waals surface area (Å²) in [5.41, 5.74) is 1.77. The van der Waals surface area contributed by atoms with Gasteiger partial charge in [-0.3, -0.25) is 19.2 Å². The first-order chi connectivity index (χ1) is 46.3. The Morgan fingerprint density at radius 2 is 0.670 bits per heavy atom. The van der Waals surface area contributed by atoms with E-state index in [0.29, 0.717) is 83.4 Å². The minimum atomic E-state index is -3.88. The van der Waals surface area contributed by atoms with Crippen LogP contribution in [-0.4, -0.2) is 98.2 Å². The Morgan fingerprint density at radius 1 is 0.423 bits per heavy atom. The molecule has 0 bridgehead atoms. The fourth-order valence-corrected chi connectivity index (χ4v) is 16.7. The number of ketones is 2. The number of nitriles is 2. The molecule has 97 heavy (non-hydrogen) atoms. The lowest BCUT2D eigenvalue weighted by molar-refractivity contribution is -0.131. The maximum absolute atomic E-state index is 13.7. The second-order valence-electron chi connectivity index (χ2n) is 25.8. The Kier molecular flexibility index (Phi) is 22.2. The van der Waals surface area contributed by atoms with E-state index in [1.165, 1.54) is 72.1 Å². The Labute approximate surface area is 576 Å². The van der Waals surface area contributed by atoms with Gasteiger partial charge in [0.15, 0.2) is 0 Å². The van der Waals surface area contributed by atoms with Crippen LogP contribution < -0.4 is 18.9 Å². The van der Waals surface area contributed by atoms with E-state index in [4.69, 9.17) is 18.9 Å². The molecular weight excluding hydrogens is 1300 g/mol. The number of amides is 2. The van der Waals surface area contributed by atoms with Crippen LogP contribution in [0.25, 0.3) is 0 Å². The summed E-state index contributed by atoms with van der Waals surface area (Å²) in [5.74, 6) is 5.64. The van der Waals surface area contributed by atoms with Gasteiger partial charge < -0.3 is 28.7 Å². The SMILES string of the molecule is CC(C)(c1ccc(Oc2ccc(S(=O)(=O)c3ccc(Oc4ccc(CC(=O)CSCC(N5CCCC5=O)C(C)(C)C#N)cc4)cc3)cc2)cc1)c1ccc(Oc2ccc(S(=O)(=O)c3ccc(Oc4ccc(CC(=O)CSCC(N5CCCC5=O)C(C)(C)C#N)cc4)cc3)cc2)cc1. The topological polar surface area (TPSA) is 228 Å². The predicted octanol–water partition coefficient (Wildman–Crippen LogP) is 15.6. The first-order valence-corrected chi connectivity index (χ1v) is 37.2. The summed E-state index contributed by atoms with van der Waals surface area (Å²) in [6.45, 7) is 12.8. The fourth-order valence-electron chi connectivity index (χ4n) is 11.6. The molecule has 2 amide bonds. The number of nitrogens with zero attached hydrogens (tertiary/aromatic N) is 4. The maximum Gasteiger partial charge on any atom is 0.222 e. The van der Waals surface area contributed by atoms with Gasteiger partial charge in [0.1, 0.15) is 57.6 Å². The first kappa shape index (κ1) is 70.6. The molecular formula is C77H76N4O12S4. The quantitative estimate of drug-likeness (QED) is 0.0408. The van der Waals surface area contributed by atoms with Crippen LogP contribution in [0.2, 0.25) is 0 Å². The molecule has 0 aromatic heterocycles. The van der Waals surface area contributed by atoms with Crippen LogP contribution in [-0.2, 0) is 57.1 Å². The highest BCUT2D eigenvalue weighted by Crippen LogP contribution is 2.38. The zero-order valence-corrected chi connectivity index (χ0v) is 58.2. The Balaban J connectivity index is 0.651. The monoisotopic (exact) mass is 1380 g/mol. The van der Waals surface area contributed by atoms with Gasteiger partial charge in [0, 0.05) is 55.7 Å². The van der Waals surface area contributed by atoms with Crippen molar-refractivity contribution in [1.29, 1.82) is 10.5 Å². The minimum Gasteiger partial charge on any atom is -0.457 e. The van der Waals surface area contributed by atoms with Crippen molar-refractivity contribution >= 4 is 66.6 Å². The maximum atomic E-state index is 13.7. The van der Waals surface area contributed by atoms with Gasteiger partial charge in [-0.1, -0.05) is 62.4 Å². The molecule has 2 saturated heterocycles. The first-order valence-electron chi connectivity index (χ1n) is 31.9. The normalized spacial score (nSPS) is 14.3. The third-order valence-electron chi connectivity index (χ3n) is 17.6. The fraction of sp³-hybridized carbons (Fsp3) is 0.299. The van der Waals surface area contributed by atoms with Crippen LogP contribution >= 0.6 is 23.5 Å². The van der Waals surface area contributed by atoms with Gasteiger partial charge in [-0.05, 0) is 208 Å². The number of ether oxygens (including phenoxy) is 4. The summed E-state index contributed by atoms with van der Waals surface area (Å²) in [5, 5.41) is 19.5. The van der Waals surface area contributed by atoms with Crippen molar-refractivity contribution < 1.29 is 55.0 Å². The van der Waals surface area contributed by atoms with E-state index in [1.54, 1.807) is 82.6 Å². The standard InChI is InChI=1S/C77H76N4O12S4/c1-75(2,51-78)71(80-43-7-9-73(80)84)49-94-47-57(82)45-53-11-19-59(20-12-53)90-63-27-35-67(36-28-63)96(86,87)69-39-31-65(32-40-69)92-61-23-15-55(16-24-61)77(5,6)56-17-25-62(26-18-56)93-66-33-41-70(42-34-66)97(88,89)68-37-29-64(30-38-68)91-60-21-13-54(14-22-60)46-58(83)48-95-50-72(76(3,4)52-79)81-44-8-10-74(81)85/h11-42,71-72H,7-10,43-50H2,1-6H3. The third-order valence-corrected chi connectivity index (χ3v) is 23.3. The van der Waals surface area contributed by atoms with Crippen LogP contribution in [0.5, 0.6) is 46.0 Å². The molecule has 20 heteroatoms. The van der Waals surface area contributed by atoms with E-state index >= 15 is 0 Å². The predicted molar refractivity (Wildman–Crippen MR) is 375 cm³/mol. The molecule has 2 heterocycles. The van der Waals surface area contributed by atoms with Crippen molar-refractivity contribution in [2.45, 2.75) is 117 Å². The number of sulfone groups is 2. The van der Waals surface area contributed by atoms with E-state index < -0.39 is 35.9 Å². The molecule has 500 valence electrons. The molecule has 8 aromatic rings. The summed E-state index contributed by atoms with van der Waals surface area (Å²) >= 11 is 2.89. The molecule has 2 unspecified atom stereocenters. The molecule has 0 saturated carbocycles. The Hall–Kier alpha value is -9.18. The second-order valence-corrected chi connectivity index (χ2v) is 31.8. The highest BCUT2D eigenvalue weighted by molar-refractivity contribution is 8.00. The molecule has 2 aliphatic heterocycles. The number of benzene rings is 8. The summed E-state index contributed by atoms with van der Waals surface area (Å²) in [7, 11) is -7.76. The number of thioether (sulfide) groups is 2. The van der Waals surface area contributed by atoms with Crippen LogP contribution in [0.4, 0.5) is 0 Å². The highest BCUT2D eigenvalue weighted by Gasteiger charge is 2.40. The Bertz CT molecular complexity index is 4150. The lowest BCUT2D eigenvalue weighted by atomic mass is 9.78. The molecule has 2 aliphatic rings. The highest BCUT2D eigenvalue weighted by atomic mass is 32.2. The van der Waals surface area contributed by atoms with E-state index in [9.17, 15) is 46.5 Å². The third kappa shape index (κ3) is 17.5. The molecule has 0 aliphatic carbocycles. The summed E-state index contributed by atoms with van der Waals surface area (Å²) in [6.07, 6.45) is 2.98. The largest absolute Gasteiger partial charge is 0.457 e. The van der Waals surface area contributed by atoms with Gasteiger partial charge in [0.25, 0.3) is 0 Å². The van der Waals surface area contributed by atoms with Crippen molar-refractivity contribution in [1.82, 2.24) is 9.80 Å². The number of carbonyl (C=O) groups excluding carboxylic acids is 4. The van der Waals surface area contributed by atoms with Crippen LogP contribution in [0.15, 0.2) is 214 Å². The number of Topliss-reactive ketones (excluding diaryl/α,β-unsaturated/α-hetero) is 2. The minimum absolute atomic E-state index is 0.0307. The molecule has 2 fully saturated rings. The number of hydrogen-bond acceptors (Lipinski definition) is 16. The van der Waals surface area contributed by atoms with Gasteiger partial charge in [-0.25, -0.2) is 16.8 Å². The molecule has 0 radical (unpaired) electrons. The number of likely N-dealkylation sites (tertiary alicyclic amines) is 2. The summed E-state index contributed by atoms with van der Waals surface area (Å²) in [6, 6.07) is 58.6. The summed E-state index contributed by atoms with van der Waals surface area (Å²) in [4.78, 5) is 54.7. The molecule has 16 nitrogen and oxygen atoms in total. The molecule has 8 aromatic carbocycles. The zero-order valence-electron chi connectivity index (χ0n) is 54.9. The van der Waals surface area contributed by atoms with Gasteiger partial charge in [-0.15, -0.1) is 0 Å². The van der Waals surface area contributed by atoms with Gasteiger partial charge in [0.05, 0.1) is 66.1 Å². The molecule has 0 N–H and O–H groups in total. The van der Waals surface area contributed by atoms with E-state index in [0.717, 1.165) is 35.1 Å². The van der Waals surface area contributed by atoms with E-state index in [-0.39, 0.29) is 79.4 Å². The van der Waals surface area contributed by atoms with Crippen molar-refractivity contribution in [2.24, 2.45) is 10.8 Å². The lowest BCUT2D eigenvalue weighted by Gasteiger charge is -2.35. The molecule has 10 rings (SSSR count).